The molecule has 8 nitrogen and oxygen atoms in total. The van der Waals surface area contributed by atoms with Gasteiger partial charge in [-0.3, -0.25) is 10.1 Å². The molecule has 1 heterocycles. The number of hydrogen-bond acceptors (Lipinski definition) is 6. The van der Waals surface area contributed by atoms with Crippen LogP contribution in [-0.2, 0) is 19.5 Å². The highest BCUT2D eigenvalue weighted by Gasteiger charge is 2.33. The van der Waals surface area contributed by atoms with Gasteiger partial charge < -0.3 is 9.47 Å². The van der Waals surface area contributed by atoms with E-state index >= 15 is 0 Å². The Kier molecular flexibility index (Phi) is 4.28. The maximum atomic E-state index is 12.1. The van der Waals surface area contributed by atoms with E-state index in [4.69, 9.17) is 9.47 Å². The third-order valence-electron chi connectivity index (χ3n) is 2.93. The van der Waals surface area contributed by atoms with Gasteiger partial charge in [0.05, 0.1) is 22.5 Å². The smallest absolute Gasteiger partial charge is 0.269 e. The standard InChI is InChI=1S/C12H16N2O6S/c1-12(2)19-8-10(20-12)7-13-21(17,18)11-5-3-9(4-6-11)14(15)16/h3-6,10,13H,7-8H2,1-2H3. The Hall–Kier alpha value is -1.55. The molecule has 0 radical (unpaired) electrons. The van der Waals surface area contributed by atoms with Crippen LogP contribution in [0, 0.1) is 10.1 Å². The molecular weight excluding hydrogens is 300 g/mol. The molecule has 1 aliphatic rings. The Labute approximate surface area is 122 Å². The van der Waals surface area contributed by atoms with Crippen LogP contribution in [0.1, 0.15) is 13.8 Å². The molecule has 0 bridgehead atoms. The molecule has 1 N–H and O–H groups in total. The van der Waals surface area contributed by atoms with Gasteiger partial charge in [0.1, 0.15) is 0 Å². The molecule has 2 rings (SSSR count). The fourth-order valence-electron chi connectivity index (χ4n) is 1.90. The maximum Gasteiger partial charge on any atom is 0.269 e. The van der Waals surface area contributed by atoms with E-state index < -0.39 is 20.7 Å². The number of rotatable bonds is 5. The zero-order valence-electron chi connectivity index (χ0n) is 11.6. The van der Waals surface area contributed by atoms with Crippen molar-refractivity contribution < 1.29 is 22.8 Å². The number of benzene rings is 1. The fourth-order valence-corrected chi connectivity index (χ4v) is 2.96. The Morgan fingerprint density at radius 1 is 1.38 bits per heavy atom. The molecule has 9 heteroatoms. The van der Waals surface area contributed by atoms with Crippen molar-refractivity contribution in [3.63, 3.8) is 0 Å². The van der Waals surface area contributed by atoms with Gasteiger partial charge in [0.2, 0.25) is 10.0 Å². The van der Waals surface area contributed by atoms with E-state index in [9.17, 15) is 18.5 Å². The van der Waals surface area contributed by atoms with Crippen molar-refractivity contribution in [2.75, 3.05) is 13.2 Å². The summed E-state index contributed by atoms with van der Waals surface area (Å²) >= 11 is 0. The number of nitro groups is 1. The second kappa shape index (κ2) is 5.68. The van der Waals surface area contributed by atoms with E-state index in [2.05, 4.69) is 4.72 Å². The maximum absolute atomic E-state index is 12.1. The SMILES string of the molecule is CC1(C)OCC(CNS(=O)(=O)c2ccc([N+](=O)[O-])cc2)O1. The number of nitrogens with zero attached hydrogens (tertiary/aromatic N) is 1. The summed E-state index contributed by atoms with van der Waals surface area (Å²) in [7, 11) is -3.74. The molecule has 21 heavy (non-hydrogen) atoms. The number of ether oxygens (including phenoxy) is 2. The van der Waals surface area contributed by atoms with Gasteiger partial charge in [0, 0.05) is 18.7 Å². The highest BCUT2D eigenvalue weighted by Crippen LogP contribution is 2.22. The van der Waals surface area contributed by atoms with E-state index in [1.807, 2.05) is 0 Å². The van der Waals surface area contributed by atoms with E-state index in [1.165, 1.54) is 12.1 Å². The number of non-ortho nitro benzene ring substituents is 1. The molecule has 0 aliphatic carbocycles. The van der Waals surface area contributed by atoms with Crippen LogP contribution in [0.4, 0.5) is 5.69 Å². The third-order valence-corrected chi connectivity index (χ3v) is 4.37. The van der Waals surface area contributed by atoms with Crippen LogP contribution < -0.4 is 4.72 Å². The van der Waals surface area contributed by atoms with Crippen LogP contribution in [-0.4, -0.2) is 38.4 Å². The van der Waals surface area contributed by atoms with Gasteiger partial charge in [0.25, 0.3) is 5.69 Å². The predicted molar refractivity (Wildman–Crippen MR) is 73.2 cm³/mol. The zero-order chi connectivity index (χ0) is 15.7. The Morgan fingerprint density at radius 2 is 2.00 bits per heavy atom. The summed E-state index contributed by atoms with van der Waals surface area (Å²) in [4.78, 5) is 9.91. The third kappa shape index (κ3) is 3.97. The van der Waals surface area contributed by atoms with Crippen LogP contribution in [0.2, 0.25) is 0 Å². The minimum atomic E-state index is -3.74. The average molecular weight is 316 g/mol. The first kappa shape index (κ1) is 15.8. The van der Waals surface area contributed by atoms with E-state index in [1.54, 1.807) is 13.8 Å². The van der Waals surface area contributed by atoms with Crippen molar-refractivity contribution in [2.24, 2.45) is 0 Å². The Morgan fingerprint density at radius 3 is 2.48 bits per heavy atom. The molecule has 1 unspecified atom stereocenters. The Bertz CT molecular complexity index is 626. The van der Waals surface area contributed by atoms with Gasteiger partial charge in [-0.2, -0.15) is 0 Å². The van der Waals surface area contributed by atoms with Crippen LogP contribution in [0.3, 0.4) is 0 Å². The molecule has 0 aromatic heterocycles. The fraction of sp³-hybridized carbons (Fsp3) is 0.500. The summed E-state index contributed by atoms with van der Waals surface area (Å²) in [6.07, 6.45) is -0.368. The van der Waals surface area contributed by atoms with Gasteiger partial charge >= 0.3 is 0 Å². The molecule has 1 aromatic carbocycles. The molecule has 0 amide bonds. The van der Waals surface area contributed by atoms with Gasteiger partial charge in [-0.15, -0.1) is 0 Å². The molecule has 0 spiro atoms. The van der Waals surface area contributed by atoms with Crippen LogP contribution in [0.25, 0.3) is 0 Å². The summed E-state index contributed by atoms with van der Waals surface area (Å²) in [5.41, 5.74) is -0.164. The van der Waals surface area contributed by atoms with Gasteiger partial charge in [-0.05, 0) is 26.0 Å². The highest BCUT2D eigenvalue weighted by atomic mass is 32.2. The van der Waals surface area contributed by atoms with Crippen LogP contribution in [0.15, 0.2) is 29.2 Å². The summed E-state index contributed by atoms with van der Waals surface area (Å²) in [5.74, 6) is -0.719. The Balaban J connectivity index is 2.00. The van der Waals surface area contributed by atoms with Gasteiger partial charge in [-0.1, -0.05) is 0 Å². The minimum absolute atomic E-state index is 0.0359. The lowest BCUT2D eigenvalue weighted by Gasteiger charge is -2.17. The van der Waals surface area contributed by atoms with Crippen LogP contribution in [0.5, 0.6) is 0 Å². The first-order valence-corrected chi connectivity index (χ1v) is 7.74. The lowest BCUT2D eigenvalue weighted by Crippen LogP contribution is -2.34. The summed E-state index contributed by atoms with van der Waals surface area (Å²) < 4.78 is 37.3. The molecule has 116 valence electrons. The van der Waals surface area contributed by atoms with E-state index in [0.717, 1.165) is 12.1 Å². The zero-order valence-corrected chi connectivity index (χ0v) is 12.4. The van der Waals surface area contributed by atoms with Crippen LogP contribution >= 0.6 is 0 Å². The normalized spacial score (nSPS) is 21.3. The van der Waals surface area contributed by atoms with Gasteiger partial charge in [-0.25, -0.2) is 13.1 Å². The number of sulfonamides is 1. The quantitative estimate of drug-likeness (QED) is 0.642. The van der Waals surface area contributed by atoms with Crippen molar-refractivity contribution >= 4 is 15.7 Å². The van der Waals surface area contributed by atoms with Crippen molar-refractivity contribution in [3.05, 3.63) is 34.4 Å². The second-order valence-electron chi connectivity index (χ2n) is 5.05. The lowest BCUT2D eigenvalue weighted by molar-refractivity contribution is -0.384. The van der Waals surface area contributed by atoms with E-state index in [0.29, 0.717) is 6.61 Å². The van der Waals surface area contributed by atoms with Crippen molar-refractivity contribution in [3.8, 4) is 0 Å². The number of nitro benzene ring substituents is 1. The molecule has 1 atom stereocenters. The molecular formula is C12H16N2O6S. The summed E-state index contributed by atoms with van der Waals surface area (Å²) in [6, 6.07) is 4.67. The summed E-state index contributed by atoms with van der Waals surface area (Å²) in [5, 5.41) is 10.5. The largest absolute Gasteiger partial charge is 0.348 e. The topological polar surface area (TPSA) is 108 Å². The minimum Gasteiger partial charge on any atom is -0.348 e. The highest BCUT2D eigenvalue weighted by molar-refractivity contribution is 7.89. The molecule has 1 aromatic rings. The van der Waals surface area contributed by atoms with Crippen molar-refractivity contribution in [1.29, 1.82) is 0 Å². The second-order valence-corrected chi connectivity index (χ2v) is 6.82. The number of nitrogens with one attached hydrogen (secondary N) is 1. The first-order valence-electron chi connectivity index (χ1n) is 6.25. The molecule has 1 saturated heterocycles. The number of hydrogen-bond donors (Lipinski definition) is 1. The first-order chi connectivity index (χ1) is 9.70. The predicted octanol–water partition coefficient (Wildman–Crippen LogP) is 1.02. The molecule has 0 saturated carbocycles. The molecule has 1 aliphatic heterocycles. The lowest BCUT2D eigenvalue weighted by atomic mass is 10.3. The average Bonchev–Trinajstić information content (AvgIpc) is 2.76. The summed E-state index contributed by atoms with van der Waals surface area (Å²) in [6.45, 7) is 3.87. The van der Waals surface area contributed by atoms with E-state index in [-0.39, 0.29) is 23.2 Å². The van der Waals surface area contributed by atoms with Crippen molar-refractivity contribution in [2.45, 2.75) is 30.6 Å². The molecule has 1 fully saturated rings. The van der Waals surface area contributed by atoms with Crippen molar-refractivity contribution in [1.82, 2.24) is 4.72 Å². The monoisotopic (exact) mass is 316 g/mol. The van der Waals surface area contributed by atoms with Gasteiger partial charge in [0.15, 0.2) is 5.79 Å².